The van der Waals surface area contributed by atoms with Crippen molar-refractivity contribution in [3.8, 4) is 10.4 Å². The number of carbonyl (C=O) groups excluding carboxylic acids is 1. The predicted octanol–water partition coefficient (Wildman–Crippen LogP) is 5.90. The fourth-order valence-electron chi connectivity index (χ4n) is 2.70. The van der Waals surface area contributed by atoms with Crippen molar-refractivity contribution in [1.82, 2.24) is 4.98 Å². The predicted molar refractivity (Wildman–Crippen MR) is 117 cm³/mol. The summed E-state index contributed by atoms with van der Waals surface area (Å²) in [6, 6.07) is 9.57. The lowest BCUT2D eigenvalue weighted by molar-refractivity contribution is 0.101. The SMILES string of the molecule is C=CS/C(=N\C)c1ccc(C)c(-c2ccc(NC(=O)c3c(F)cncc3F)s2)c1. The Kier molecular flexibility index (Phi) is 6.56. The number of rotatable bonds is 5. The summed E-state index contributed by atoms with van der Waals surface area (Å²) in [4.78, 5) is 20.9. The molecule has 0 spiro atoms. The molecule has 1 N–H and O–H groups in total. The van der Waals surface area contributed by atoms with Crippen LogP contribution in [0.1, 0.15) is 21.5 Å². The summed E-state index contributed by atoms with van der Waals surface area (Å²) in [5.41, 5.74) is 2.34. The van der Waals surface area contributed by atoms with Crippen LogP contribution >= 0.6 is 23.1 Å². The van der Waals surface area contributed by atoms with E-state index in [2.05, 4.69) is 21.9 Å². The quantitative estimate of drug-likeness (QED) is 0.406. The van der Waals surface area contributed by atoms with E-state index in [0.29, 0.717) is 5.00 Å². The van der Waals surface area contributed by atoms with Gasteiger partial charge in [0, 0.05) is 17.5 Å². The number of aliphatic imine (C=N–C) groups is 1. The summed E-state index contributed by atoms with van der Waals surface area (Å²) < 4.78 is 27.5. The molecule has 0 fully saturated rings. The van der Waals surface area contributed by atoms with E-state index < -0.39 is 23.1 Å². The van der Waals surface area contributed by atoms with Crippen LogP contribution in [0.4, 0.5) is 13.8 Å². The zero-order chi connectivity index (χ0) is 21.0. The monoisotopic (exact) mass is 429 g/mol. The Bertz CT molecular complexity index is 1090. The lowest BCUT2D eigenvalue weighted by Crippen LogP contribution is -2.15. The highest BCUT2D eigenvalue weighted by Gasteiger charge is 2.19. The molecule has 29 heavy (non-hydrogen) atoms. The van der Waals surface area contributed by atoms with Gasteiger partial charge in [0.25, 0.3) is 5.91 Å². The van der Waals surface area contributed by atoms with Gasteiger partial charge in [0.05, 0.1) is 17.4 Å². The third-order valence-corrected chi connectivity index (χ3v) is 5.91. The van der Waals surface area contributed by atoms with Crippen molar-refractivity contribution in [3.63, 3.8) is 0 Å². The van der Waals surface area contributed by atoms with Crippen LogP contribution in [0.25, 0.3) is 10.4 Å². The summed E-state index contributed by atoms with van der Waals surface area (Å²) in [5.74, 6) is -2.87. The van der Waals surface area contributed by atoms with Crippen molar-refractivity contribution in [2.45, 2.75) is 6.92 Å². The van der Waals surface area contributed by atoms with Crippen LogP contribution in [0.15, 0.2) is 59.7 Å². The van der Waals surface area contributed by atoms with Crippen molar-refractivity contribution in [2.24, 2.45) is 4.99 Å². The molecule has 0 unspecified atom stereocenters. The van der Waals surface area contributed by atoms with Gasteiger partial charge in [0.1, 0.15) is 10.6 Å². The summed E-state index contributed by atoms with van der Waals surface area (Å²) >= 11 is 2.75. The molecular formula is C21H17F2N3OS2. The molecule has 3 rings (SSSR count). The molecule has 1 amide bonds. The van der Waals surface area contributed by atoms with E-state index in [1.165, 1.54) is 23.1 Å². The number of pyridine rings is 1. The number of carbonyl (C=O) groups is 1. The molecule has 2 aromatic heterocycles. The highest BCUT2D eigenvalue weighted by Crippen LogP contribution is 2.35. The molecule has 0 aliphatic rings. The maximum Gasteiger partial charge on any atom is 0.262 e. The highest BCUT2D eigenvalue weighted by molar-refractivity contribution is 8.16. The second-order valence-corrected chi connectivity index (χ2v) is 7.98. The second kappa shape index (κ2) is 9.11. The first-order valence-electron chi connectivity index (χ1n) is 8.50. The molecule has 1 aromatic carbocycles. The molecule has 0 saturated carbocycles. The minimum atomic E-state index is -1.01. The normalized spacial score (nSPS) is 11.4. The number of amides is 1. The number of aromatic nitrogens is 1. The van der Waals surface area contributed by atoms with E-state index in [-0.39, 0.29) is 0 Å². The lowest BCUT2D eigenvalue weighted by Gasteiger charge is -2.08. The van der Waals surface area contributed by atoms with Crippen LogP contribution in [0.2, 0.25) is 0 Å². The molecule has 0 atom stereocenters. The van der Waals surface area contributed by atoms with E-state index in [9.17, 15) is 13.6 Å². The average molecular weight is 430 g/mol. The Morgan fingerprint density at radius 3 is 2.62 bits per heavy atom. The van der Waals surface area contributed by atoms with Gasteiger partial charge in [-0.1, -0.05) is 30.5 Å². The molecule has 0 radical (unpaired) electrons. The average Bonchev–Trinajstić information content (AvgIpc) is 3.14. The first-order chi connectivity index (χ1) is 13.9. The Labute approximate surface area is 175 Å². The number of thiophene rings is 1. The first-order valence-corrected chi connectivity index (χ1v) is 10.2. The fourth-order valence-corrected chi connectivity index (χ4v) is 4.21. The molecule has 0 bridgehead atoms. The smallest absolute Gasteiger partial charge is 0.262 e. The topological polar surface area (TPSA) is 54.4 Å². The van der Waals surface area contributed by atoms with Gasteiger partial charge in [-0.2, -0.15) is 0 Å². The van der Waals surface area contributed by atoms with Crippen molar-refractivity contribution < 1.29 is 13.6 Å². The molecule has 0 aliphatic carbocycles. The van der Waals surface area contributed by atoms with E-state index in [4.69, 9.17) is 0 Å². The third kappa shape index (κ3) is 4.60. The van der Waals surface area contributed by atoms with Crippen LogP contribution in [0.5, 0.6) is 0 Å². The summed E-state index contributed by atoms with van der Waals surface area (Å²) in [6.07, 6.45) is 1.61. The van der Waals surface area contributed by atoms with Gasteiger partial charge in [0.2, 0.25) is 0 Å². The van der Waals surface area contributed by atoms with Crippen LogP contribution < -0.4 is 5.32 Å². The van der Waals surface area contributed by atoms with Crippen LogP contribution in [-0.4, -0.2) is 23.0 Å². The zero-order valence-corrected chi connectivity index (χ0v) is 17.3. The number of thioether (sulfide) groups is 1. The van der Waals surface area contributed by atoms with Gasteiger partial charge in [-0.15, -0.1) is 11.3 Å². The molecule has 0 aliphatic heterocycles. The number of aryl methyl sites for hydroxylation is 1. The van der Waals surface area contributed by atoms with Gasteiger partial charge in [-0.05, 0) is 41.7 Å². The Hall–Kier alpha value is -2.84. The number of hydrogen-bond donors (Lipinski definition) is 1. The maximum absolute atomic E-state index is 13.8. The lowest BCUT2D eigenvalue weighted by atomic mass is 10.0. The molecule has 8 heteroatoms. The summed E-state index contributed by atoms with van der Waals surface area (Å²) in [7, 11) is 1.72. The largest absolute Gasteiger partial charge is 0.313 e. The van der Waals surface area contributed by atoms with E-state index in [1.807, 2.05) is 31.2 Å². The number of hydrogen-bond acceptors (Lipinski definition) is 5. The van der Waals surface area contributed by atoms with Crippen LogP contribution in [-0.2, 0) is 0 Å². The van der Waals surface area contributed by atoms with Crippen LogP contribution in [0.3, 0.4) is 0 Å². The van der Waals surface area contributed by atoms with Crippen molar-refractivity contribution >= 4 is 39.1 Å². The molecule has 2 heterocycles. The van der Waals surface area contributed by atoms with Gasteiger partial charge >= 0.3 is 0 Å². The first kappa shape index (κ1) is 20.9. The zero-order valence-electron chi connectivity index (χ0n) is 15.7. The molecular weight excluding hydrogens is 412 g/mol. The minimum absolute atomic E-state index is 0.482. The molecule has 4 nitrogen and oxygen atoms in total. The summed E-state index contributed by atoms with van der Waals surface area (Å²) in [5, 5.41) is 5.59. The standard InChI is InChI=1S/C21H17F2N3OS2/c1-4-28-21(24-3)13-6-5-12(2)14(9-13)17-7-8-18(29-17)26-20(27)19-15(22)10-25-11-16(19)23/h4-11H,1H2,2-3H3,(H,26,27)/b24-21-. The van der Waals surface area contributed by atoms with Gasteiger partial charge in [-0.25, -0.2) is 8.78 Å². The number of nitrogens with one attached hydrogen (secondary N) is 1. The Morgan fingerprint density at radius 2 is 1.97 bits per heavy atom. The Balaban J connectivity index is 1.88. The maximum atomic E-state index is 13.8. The molecule has 148 valence electrons. The van der Waals surface area contributed by atoms with Crippen molar-refractivity contribution in [3.05, 3.63) is 83.0 Å². The number of anilines is 1. The second-order valence-electron chi connectivity index (χ2n) is 5.94. The molecule has 0 saturated heterocycles. The van der Waals surface area contributed by atoms with Crippen molar-refractivity contribution in [2.75, 3.05) is 12.4 Å². The van der Waals surface area contributed by atoms with Gasteiger partial charge in [0.15, 0.2) is 11.6 Å². The van der Waals surface area contributed by atoms with E-state index >= 15 is 0 Å². The Morgan fingerprint density at radius 1 is 1.24 bits per heavy atom. The molecule has 3 aromatic rings. The third-order valence-electron chi connectivity index (χ3n) is 4.07. The summed E-state index contributed by atoms with van der Waals surface area (Å²) in [6.45, 7) is 5.72. The number of nitrogens with zero attached hydrogens (tertiary/aromatic N) is 2. The highest BCUT2D eigenvalue weighted by atomic mass is 32.2. The number of benzene rings is 1. The van der Waals surface area contributed by atoms with Gasteiger partial charge in [-0.3, -0.25) is 14.8 Å². The van der Waals surface area contributed by atoms with Crippen LogP contribution in [0, 0.1) is 18.6 Å². The number of halogens is 2. The fraction of sp³-hybridized carbons (Fsp3) is 0.0952. The minimum Gasteiger partial charge on any atom is -0.313 e. The van der Waals surface area contributed by atoms with E-state index in [1.54, 1.807) is 18.5 Å². The van der Waals surface area contributed by atoms with E-state index in [0.717, 1.165) is 39.0 Å². The van der Waals surface area contributed by atoms with Crippen molar-refractivity contribution in [1.29, 1.82) is 0 Å². The van der Waals surface area contributed by atoms with Gasteiger partial charge < -0.3 is 5.32 Å².